The van der Waals surface area contributed by atoms with Crippen LogP contribution >= 0.6 is 22.9 Å². The first kappa shape index (κ1) is 19.2. The standard InChI is InChI=1S/C18H16ClFN4O2S/c1-18(2,3)15-24-13(14(27-15)11-7-8-21-16(19)22-11)9-5-4-6-10(12(9)20)23-17(25)26/h4-8,23H,1-3H3,(H,25,26). The molecule has 1 aromatic carbocycles. The Morgan fingerprint density at radius 3 is 2.63 bits per heavy atom. The fourth-order valence-electron chi connectivity index (χ4n) is 2.39. The molecule has 0 atom stereocenters. The maximum absolute atomic E-state index is 15.0. The zero-order chi connectivity index (χ0) is 19.8. The summed E-state index contributed by atoms with van der Waals surface area (Å²) in [6, 6.07) is 6.14. The van der Waals surface area contributed by atoms with Gasteiger partial charge in [0.05, 0.1) is 27.0 Å². The minimum atomic E-state index is -1.34. The third kappa shape index (κ3) is 4.06. The highest BCUT2D eigenvalue weighted by atomic mass is 35.5. The average Bonchev–Trinajstić information content (AvgIpc) is 3.02. The molecule has 3 rings (SSSR count). The van der Waals surface area contributed by atoms with Crippen molar-refractivity contribution in [3.05, 3.63) is 46.6 Å². The van der Waals surface area contributed by atoms with Crippen molar-refractivity contribution in [2.24, 2.45) is 0 Å². The van der Waals surface area contributed by atoms with E-state index in [1.54, 1.807) is 18.2 Å². The van der Waals surface area contributed by atoms with E-state index >= 15 is 0 Å². The van der Waals surface area contributed by atoms with Gasteiger partial charge in [-0.3, -0.25) is 5.32 Å². The van der Waals surface area contributed by atoms with E-state index in [1.807, 2.05) is 20.8 Å². The Balaban J connectivity index is 2.24. The molecule has 0 saturated heterocycles. The van der Waals surface area contributed by atoms with Gasteiger partial charge >= 0.3 is 6.09 Å². The van der Waals surface area contributed by atoms with Crippen molar-refractivity contribution in [1.29, 1.82) is 0 Å². The summed E-state index contributed by atoms with van der Waals surface area (Å²) in [5, 5.41) is 11.8. The summed E-state index contributed by atoms with van der Waals surface area (Å²) in [4.78, 5) is 24.3. The minimum absolute atomic E-state index is 0.0749. The molecule has 0 aliphatic carbocycles. The number of halogens is 2. The van der Waals surface area contributed by atoms with Crippen LogP contribution in [0.25, 0.3) is 21.8 Å². The number of benzene rings is 1. The highest BCUT2D eigenvalue weighted by Crippen LogP contribution is 2.41. The quantitative estimate of drug-likeness (QED) is 0.565. The van der Waals surface area contributed by atoms with Gasteiger partial charge in [-0.15, -0.1) is 11.3 Å². The van der Waals surface area contributed by atoms with Gasteiger partial charge < -0.3 is 5.11 Å². The van der Waals surface area contributed by atoms with Crippen molar-refractivity contribution in [3.8, 4) is 21.8 Å². The van der Waals surface area contributed by atoms with Gasteiger partial charge in [0.2, 0.25) is 5.28 Å². The number of thiazole rings is 1. The zero-order valence-electron chi connectivity index (χ0n) is 14.7. The molecule has 6 nitrogen and oxygen atoms in total. The van der Waals surface area contributed by atoms with Crippen LogP contribution < -0.4 is 5.32 Å². The van der Waals surface area contributed by atoms with Gasteiger partial charge in [-0.2, -0.15) is 0 Å². The van der Waals surface area contributed by atoms with Crippen molar-refractivity contribution >= 4 is 34.7 Å². The highest BCUT2D eigenvalue weighted by molar-refractivity contribution is 7.15. The number of carboxylic acid groups (broad SMARTS) is 1. The lowest BCUT2D eigenvalue weighted by Gasteiger charge is -2.13. The highest BCUT2D eigenvalue weighted by Gasteiger charge is 2.26. The maximum Gasteiger partial charge on any atom is 0.409 e. The SMILES string of the molecule is CC(C)(C)c1nc(-c2cccc(NC(=O)O)c2F)c(-c2ccnc(Cl)n2)s1. The van der Waals surface area contributed by atoms with Crippen LogP contribution in [0.2, 0.25) is 5.28 Å². The molecule has 1 amide bonds. The van der Waals surface area contributed by atoms with E-state index in [2.05, 4.69) is 20.3 Å². The molecular formula is C18H16ClFN4O2S. The van der Waals surface area contributed by atoms with E-state index in [0.717, 1.165) is 5.01 Å². The minimum Gasteiger partial charge on any atom is -0.465 e. The number of hydrogen-bond donors (Lipinski definition) is 2. The Morgan fingerprint density at radius 2 is 2.00 bits per heavy atom. The van der Waals surface area contributed by atoms with Crippen molar-refractivity contribution in [1.82, 2.24) is 15.0 Å². The molecule has 0 unspecified atom stereocenters. The molecular weight excluding hydrogens is 391 g/mol. The predicted octanol–water partition coefficient (Wildman–Crippen LogP) is 5.45. The van der Waals surface area contributed by atoms with E-state index in [-0.39, 0.29) is 21.9 Å². The Morgan fingerprint density at radius 1 is 1.26 bits per heavy atom. The van der Waals surface area contributed by atoms with Gasteiger partial charge in [-0.1, -0.05) is 26.8 Å². The van der Waals surface area contributed by atoms with Crippen LogP contribution in [0.4, 0.5) is 14.9 Å². The summed E-state index contributed by atoms with van der Waals surface area (Å²) in [6.07, 6.45) is 0.173. The number of hydrogen-bond acceptors (Lipinski definition) is 5. The first-order chi connectivity index (χ1) is 12.7. The van der Waals surface area contributed by atoms with Gasteiger partial charge in [0.15, 0.2) is 5.82 Å². The number of amides is 1. The molecule has 140 valence electrons. The summed E-state index contributed by atoms with van der Waals surface area (Å²) in [5.74, 6) is -0.702. The second-order valence-electron chi connectivity index (χ2n) is 6.75. The molecule has 0 bridgehead atoms. The van der Waals surface area contributed by atoms with Gasteiger partial charge in [0, 0.05) is 17.2 Å². The third-order valence-electron chi connectivity index (χ3n) is 3.62. The van der Waals surface area contributed by atoms with E-state index < -0.39 is 11.9 Å². The van der Waals surface area contributed by atoms with Gasteiger partial charge in [0.25, 0.3) is 0 Å². The summed E-state index contributed by atoms with van der Waals surface area (Å²) < 4.78 is 15.0. The molecule has 27 heavy (non-hydrogen) atoms. The number of nitrogens with one attached hydrogen (secondary N) is 1. The lowest BCUT2D eigenvalue weighted by molar-refractivity contribution is 0.209. The molecule has 0 spiro atoms. The zero-order valence-corrected chi connectivity index (χ0v) is 16.3. The van der Waals surface area contributed by atoms with E-state index in [0.29, 0.717) is 16.3 Å². The van der Waals surface area contributed by atoms with Crippen molar-refractivity contribution in [3.63, 3.8) is 0 Å². The molecule has 0 aliphatic rings. The maximum atomic E-state index is 15.0. The largest absolute Gasteiger partial charge is 0.465 e. The second-order valence-corrected chi connectivity index (χ2v) is 8.09. The molecule has 2 N–H and O–H groups in total. The molecule has 0 radical (unpaired) electrons. The first-order valence-corrected chi connectivity index (χ1v) is 9.15. The lowest BCUT2D eigenvalue weighted by atomic mass is 9.98. The fraction of sp³-hybridized carbons (Fsp3) is 0.222. The molecule has 0 aliphatic heterocycles. The number of carbonyl (C=O) groups is 1. The van der Waals surface area contributed by atoms with Crippen molar-refractivity contribution < 1.29 is 14.3 Å². The van der Waals surface area contributed by atoms with E-state index in [4.69, 9.17) is 16.7 Å². The van der Waals surface area contributed by atoms with Crippen LogP contribution in [0.15, 0.2) is 30.5 Å². The van der Waals surface area contributed by atoms with Crippen molar-refractivity contribution in [2.45, 2.75) is 26.2 Å². The number of aromatic nitrogens is 3. The van der Waals surface area contributed by atoms with Crippen LogP contribution in [-0.2, 0) is 5.41 Å². The number of nitrogens with zero attached hydrogens (tertiary/aromatic N) is 3. The van der Waals surface area contributed by atoms with Crippen LogP contribution in [0.5, 0.6) is 0 Å². The molecule has 2 heterocycles. The molecule has 0 saturated carbocycles. The Kier molecular flexibility index (Phi) is 5.12. The Labute approximate surface area is 164 Å². The van der Waals surface area contributed by atoms with E-state index in [9.17, 15) is 9.18 Å². The van der Waals surface area contributed by atoms with Crippen LogP contribution in [0.1, 0.15) is 25.8 Å². The van der Waals surface area contributed by atoms with Crippen LogP contribution in [-0.4, -0.2) is 26.2 Å². The first-order valence-electron chi connectivity index (χ1n) is 7.96. The molecule has 3 aromatic rings. The van der Waals surface area contributed by atoms with Gasteiger partial charge in [-0.05, 0) is 29.8 Å². The average molecular weight is 407 g/mol. The molecule has 0 fully saturated rings. The molecule has 9 heteroatoms. The summed E-state index contributed by atoms with van der Waals surface area (Å²) in [5.41, 5.74) is 0.678. The van der Waals surface area contributed by atoms with Gasteiger partial charge in [0.1, 0.15) is 0 Å². The second kappa shape index (κ2) is 7.21. The monoisotopic (exact) mass is 406 g/mol. The van der Waals surface area contributed by atoms with Gasteiger partial charge in [-0.25, -0.2) is 24.1 Å². The summed E-state index contributed by atoms with van der Waals surface area (Å²) in [6.45, 7) is 6.02. The fourth-order valence-corrected chi connectivity index (χ4v) is 3.64. The molecule has 2 aromatic heterocycles. The van der Waals surface area contributed by atoms with Crippen molar-refractivity contribution in [2.75, 3.05) is 5.32 Å². The third-order valence-corrected chi connectivity index (χ3v) is 5.31. The Bertz CT molecular complexity index is 1020. The smallest absolute Gasteiger partial charge is 0.409 e. The predicted molar refractivity (Wildman–Crippen MR) is 104 cm³/mol. The normalized spacial score (nSPS) is 11.4. The topological polar surface area (TPSA) is 88.0 Å². The Hall–Kier alpha value is -2.58. The summed E-state index contributed by atoms with van der Waals surface area (Å²) in [7, 11) is 0. The summed E-state index contributed by atoms with van der Waals surface area (Å²) >= 11 is 7.30. The lowest BCUT2D eigenvalue weighted by Crippen LogP contribution is -2.10. The van der Waals surface area contributed by atoms with Crippen LogP contribution in [0, 0.1) is 5.82 Å². The number of rotatable bonds is 3. The number of anilines is 1. The van der Waals surface area contributed by atoms with E-state index in [1.165, 1.54) is 23.6 Å². The van der Waals surface area contributed by atoms with Crippen LogP contribution in [0.3, 0.4) is 0 Å².